The monoisotopic (exact) mass is 434 g/mol. The van der Waals surface area contributed by atoms with Gasteiger partial charge in [0.1, 0.15) is 5.82 Å². The van der Waals surface area contributed by atoms with Gasteiger partial charge >= 0.3 is 11.8 Å². The van der Waals surface area contributed by atoms with E-state index in [1.807, 2.05) is 0 Å². The zero-order valence-electron chi connectivity index (χ0n) is 16.9. The highest BCUT2D eigenvalue weighted by atomic mass is 19.1. The molecule has 0 bridgehead atoms. The van der Waals surface area contributed by atoms with E-state index >= 15 is 0 Å². The molecule has 5 rings (SSSR count). The average molecular weight is 434 g/mol. The number of amides is 1. The molecule has 0 spiro atoms. The highest BCUT2D eigenvalue weighted by Gasteiger charge is 2.28. The van der Waals surface area contributed by atoms with Gasteiger partial charge in [-0.3, -0.25) is 4.79 Å². The lowest BCUT2D eigenvalue weighted by Gasteiger charge is -2.17. The Labute approximate surface area is 181 Å². The van der Waals surface area contributed by atoms with Crippen molar-refractivity contribution in [3.8, 4) is 11.6 Å². The average Bonchev–Trinajstić information content (AvgIpc) is 3.41. The molecule has 0 saturated carbocycles. The maximum Gasteiger partial charge on any atom is 0.316 e. The number of allylic oxidation sites excluding steroid dienone is 3. The Hall–Kier alpha value is -4.15. The van der Waals surface area contributed by atoms with Crippen LogP contribution in [0.15, 0.2) is 52.1 Å². The third kappa shape index (κ3) is 4.04. The van der Waals surface area contributed by atoms with Crippen molar-refractivity contribution in [2.75, 3.05) is 11.1 Å². The molecule has 1 atom stereocenters. The minimum Gasteiger partial charge on any atom is -0.368 e. The van der Waals surface area contributed by atoms with Crippen molar-refractivity contribution in [1.29, 1.82) is 0 Å². The van der Waals surface area contributed by atoms with Crippen LogP contribution < -0.4 is 16.4 Å². The van der Waals surface area contributed by atoms with E-state index in [4.69, 9.17) is 10.3 Å². The summed E-state index contributed by atoms with van der Waals surface area (Å²) in [6, 6.07) is 5.75. The maximum atomic E-state index is 13.4. The fourth-order valence-corrected chi connectivity index (χ4v) is 3.88. The van der Waals surface area contributed by atoms with Crippen LogP contribution in [0.2, 0.25) is 0 Å². The number of nitrogens with one attached hydrogen (secondary N) is 2. The van der Waals surface area contributed by atoms with Crippen LogP contribution in [-0.2, 0) is 0 Å². The third-order valence-electron chi connectivity index (χ3n) is 5.29. The van der Waals surface area contributed by atoms with Gasteiger partial charge in [0.2, 0.25) is 23.5 Å². The van der Waals surface area contributed by atoms with Gasteiger partial charge in [-0.1, -0.05) is 23.4 Å². The number of aromatic nitrogens is 5. The number of carbonyl (C=O) groups excluding carboxylic acids is 1. The molecule has 1 unspecified atom stereocenters. The molecule has 2 aromatic heterocycles. The van der Waals surface area contributed by atoms with Gasteiger partial charge in [0.15, 0.2) is 0 Å². The lowest BCUT2D eigenvalue weighted by Crippen LogP contribution is -2.35. The number of nitrogen functional groups attached to an aromatic ring is 1. The summed E-state index contributed by atoms with van der Waals surface area (Å²) in [5, 5.41) is 9.61. The SMILES string of the molecule is Nc1nc(Nc2cccc(F)c2)nc(-c2noc(C(=O)NC3CCC4=C3CCC=C4)n2)n1. The highest BCUT2D eigenvalue weighted by Crippen LogP contribution is 2.33. The Morgan fingerprint density at radius 2 is 2.06 bits per heavy atom. The molecule has 32 heavy (non-hydrogen) atoms. The minimum absolute atomic E-state index is 0.0153. The van der Waals surface area contributed by atoms with E-state index in [1.54, 1.807) is 12.1 Å². The Kier molecular flexibility index (Phi) is 5.06. The largest absolute Gasteiger partial charge is 0.368 e. The van der Waals surface area contributed by atoms with E-state index in [0.29, 0.717) is 5.69 Å². The number of anilines is 3. The van der Waals surface area contributed by atoms with Crippen LogP contribution in [0.25, 0.3) is 11.6 Å². The zero-order valence-corrected chi connectivity index (χ0v) is 16.9. The number of benzene rings is 1. The Bertz CT molecular complexity index is 1250. The molecule has 11 heteroatoms. The summed E-state index contributed by atoms with van der Waals surface area (Å²) in [5.74, 6) is -1.09. The quantitative estimate of drug-likeness (QED) is 0.552. The topological polar surface area (TPSA) is 145 Å². The number of halogens is 1. The summed E-state index contributed by atoms with van der Waals surface area (Å²) in [4.78, 5) is 28.9. The number of hydrogen-bond acceptors (Lipinski definition) is 9. The maximum absolute atomic E-state index is 13.4. The van der Waals surface area contributed by atoms with Crippen molar-refractivity contribution < 1.29 is 13.7 Å². The molecule has 10 nitrogen and oxygen atoms in total. The Balaban J connectivity index is 1.33. The summed E-state index contributed by atoms with van der Waals surface area (Å²) in [6.45, 7) is 0. The number of hydrogen-bond donors (Lipinski definition) is 3. The summed E-state index contributed by atoms with van der Waals surface area (Å²) in [7, 11) is 0. The standard InChI is InChI=1S/C21H19FN8O2/c22-12-5-3-6-13(10-12)24-21-28-16(27-20(23)29-21)17-26-19(32-30-17)18(31)25-15-9-8-11-4-1-2-7-14(11)15/h1,3-6,10,15H,2,7-9H2,(H,25,31)(H3,23,24,27,28,29). The molecule has 2 aliphatic carbocycles. The molecule has 2 aliphatic rings. The van der Waals surface area contributed by atoms with Gasteiger partial charge in [-0.15, -0.1) is 0 Å². The van der Waals surface area contributed by atoms with E-state index < -0.39 is 11.7 Å². The minimum atomic E-state index is -0.461. The summed E-state index contributed by atoms with van der Waals surface area (Å²) < 4.78 is 18.5. The molecule has 0 saturated heterocycles. The lowest BCUT2D eigenvalue weighted by molar-refractivity contribution is 0.0898. The van der Waals surface area contributed by atoms with Gasteiger partial charge in [-0.25, -0.2) is 4.39 Å². The fraction of sp³-hybridized carbons (Fsp3) is 0.238. The summed E-state index contributed by atoms with van der Waals surface area (Å²) in [6.07, 6.45) is 8.00. The number of nitrogens with two attached hydrogens (primary N) is 1. The normalized spacial score (nSPS) is 17.3. The van der Waals surface area contributed by atoms with Crippen LogP contribution in [0.5, 0.6) is 0 Å². The van der Waals surface area contributed by atoms with Crippen molar-refractivity contribution in [1.82, 2.24) is 30.4 Å². The summed E-state index contributed by atoms with van der Waals surface area (Å²) >= 11 is 0. The van der Waals surface area contributed by atoms with E-state index in [1.165, 1.54) is 23.3 Å². The van der Waals surface area contributed by atoms with Crippen molar-refractivity contribution in [3.05, 3.63) is 59.3 Å². The van der Waals surface area contributed by atoms with Crippen molar-refractivity contribution >= 4 is 23.5 Å². The molecule has 3 aromatic rings. The van der Waals surface area contributed by atoms with E-state index in [-0.39, 0.29) is 35.5 Å². The van der Waals surface area contributed by atoms with Gasteiger partial charge in [0.25, 0.3) is 0 Å². The molecule has 162 valence electrons. The van der Waals surface area contributed by atoms with Crippen LogP contribution in [0.1, 0.15) is 36.4 Å². The second kappa shape index (κ2) is 8.17. The molecule has 0 radical (unpaired) electrons. The molecule has 0 fully saturated rings. The second-order valence-corrected chi connectivity index (χ2v) is 7.46. The number of nitrogens with zero attached hydrogens (tertiary/aromatic N) is 5. The highest BCUT2D eigenvalue weighted by molar-refractivity contribution is 5.90. The van der Waals surface area contributed by atoms with Gasteiger partial charge in [-0.05, 0) is 55.0 Å². The van der Waals surface area contributed by atoms with Gasteiger partial charge in [-0.2, -0.15) is 19.9 Å². The van der Waals surface area contributed by atoms with Crippen LogP contribution >= 0.6 is 0 Å². The van der Waals surface area contributed by atoms with Crippen LogP contribution in [-0.4, -0.2) is 37.0 Å². The lowest BCUT2D eigenvalue weighted by atomic mass is 9.98. The molecular formula is C21H19FN8O2. The van der Waals surface area contributed by atoms with E-state index in [2.05, 4.69) is 47.9 Å². The smallest absolute Gasteiger partial charge is 0.316 e. The molecule has 1 amide bonds. The zero-order chi connectivity index (χ0) is 22.1. The van der Waals surface area contributed by atoms with Crippen molar-refractivity contribution in [2.24, 2.45) is 0 Å². The first-order valence-corrected chi connectivity index (χ1v) is 10.1. The van der Waals surface area contributed by atoms with Crippen LogP contribution in [0.3, 0.4) is 0 Å². The van der Waals surface area contributed by atoms with E-state index in [0.717, 1.165) is 25.7 Å². The van der Waals surface area contributed by atoms with Crippen LogP contribution in [0, 0.1) is 5.82 Å². The first-order chi connectivity index (χ1) is 15.5. The van der Waals surface area contributed by atoms with Gasteiger partial charge in [0, 0.05) is 5.69 Å². The first kappa shape index (κ1) is 19.8. The predicted molar refractivity (Wildman–Crippen MR) is 113 cm³/mol. The van der Waals surface area contributed by atoms with Crippen LogP contribution in [0.4, 0.5) is 22.0 Å². The van der Waals surface area contributed by atoms with Gasteiger partial charge in [0.05, 0.1) is 6.04 Å². The Morgan fingerprint density at radius 3 is 2.94 bits per heavy atom. The molecule has 1 aromatic carbocycles. The second-order valence-electron chi connectivity index (χ2n) is 7.46. The molecule has 0 aliphatic heterocycles. The predicted octanol–water partition coefficient (Wildman–Crippen LogP) is 2.93. The van der Waals surface area contributed by atoms with Crippen molar-refractivity contribution in [3.63, 3.8) is 0 Å². The fourth-order valence-electron chi connectivity index (χ4n) is 3.88. The third-order valence-corrected chi connectivity index (χ3v) is 5.29. The number of carbonyl (C=O) groups is 1. The molecular weight excluding hydrogens is 415 g/mol. The summed E-state index contributed by atoms with van der Waals surface area (Å²) in [5.41, 5.74) is 8.75. The number of rotatable bonds is 5. The first-order valence-electron chi connectivity index (χ1n) is 10.1. The molecule has 4 N–H and O–H groups in total. The molecule has 2 heterocycles. The van der Waals surface area contributed by atoms with Crippen molar-refractivity contribution in [2.45, 2.75) is 31.7 Å². The van der Waals surface area contributed by atoms with E-state index in [9.17, 15) is 9.18 Å². The Morgan fingerprint density at radius 1 is 1.16 bits per heavy atom. The van der Waals surface area contributed by atoms with Gasteiger partial charge < -0.3 is 20.9 Å².